The number of hydrogen-bond acceptors (Lipinski definition) is 3. The average Bonchev–Trinajstić information content (AvgIpc) is 2.76. The summed E-state index contributed by atoms with van der Waals surface area (Å²) in [5.41, 5.74) is -0.553. The summed E-state index contributed by atoms with van der Waals surface area (Å²) >= 11 is 0. The van der Waals surface area contributed by atoms with Crippen molar-refractivity contribution in [1.82, 2.24) is 5.32 Å². The predicted octanol–water partition coefficient (Wildman–Crippen LogP) is 2.05. The maximum Gasteiger partial charge on any atom is 0.303 e. The number of carbonyl (C=O) groups is 2. The Kier molecular flexibility index (Phi) is 4.71. The van der Waals surface area contributed by atoms with E-state index in [2.05, 4.69) is 5.32 Å². The number of carboxylic acids is 1. The molecule has 0 aliphatic heterocycles. The van der Waals surface area contributed by atoms with Crippen molar-refractivity contribution in [2.45, 2.75) is 32.2 Å². The van der Waals surface area contributed by atoms with Crippen LogP contribution in [-0.4, -0.2) is 22.5 Å². The topological polar surface area (TPSA) is 79.5 Å². The van der Waals surface area contributed by atoms with E-state index in [9.17, 15) is 9.59 Å². The van der Waals surface area contributed by atoms with Gasteiger partial charge in [-0.15, -0.1) is 0 Å². The van der Waals surface area contributed by atoms with E-state index in [1.165, 1.54) is 12.3 Å². The van der Waals surface area contributed by atoms with Crippen molar-refractivity contribution in [2.75, 3.05) is 0 Å². The minimum absolute atomic E-state index is 0.0230. The largest absolute Gasteiger partial charge is 0.481 e. The summed E-state index contributed by atoms with van der Waals surface area (Å²) < 4.78 is 5.05. The van der Waals surface area contributed by atoms with Crippen LogP contribution in [0.1, 0.15) is 32.4 Å². The molecule has 0 aliphatic carbocycles. The second-order valence-corrected chi connectivity index (χ2v) is 4.62. The number of nitrogens with one attached hydrogen (secondary N) is 1. The van der Waals surface area contributed by atoms with Crippen LogP contribution in [0.25, 0.3) is 6.08 Å². The molecule has 0 aromatic carbocycles. The summed E-state index contributed by atoms with van der Waals surface area (Å²) in [5, 5.41) is 11.3. The number of aliphatic carboxylic acids is 1. The number of carbonyl (C=O) groups excluding carboxylic acids is 1. The molecule has 0 bridgehead atoms. The van der Waals surface area contributed by atoms with Gasteiger partial charge in [0, 0.05) is 18.0 Å². The Bertz CT molecular complexity index is 432. The lowest BCUT2D eigenvalue weighted by atomic mass is 9.98. The van der Waals surface area contributed by atoms with E-state index < -0.39 is 11.5 Å². The summed E-state index contributed by atoms with van der Waals surface area (Å²) in [4.78, 5) is 22.1. The average molecular weight is 251 g/mol. The lowest BCUT2D eigenvalue weighted by Crippen LogP contribution is -2.42. The third kappa shape index (κ3) is 5.34. The first kappa shape index (κ1) is 14.0. The van der Waals surface area contributed by atoms with Crippen LogP contribution in [0.15, 0.2) is 28.9 Å². The van der Waals surface area contributed by atoms with Gasteiger partial charge in [0.1, 0.15) is 5.76 Å². The van der Waals surface area contributed by atoms with Crippen molar-refractivity contribution in [2.24, 2.45) is 0 Å². The van der Waals surface area contributed by atoms with Gasteiger partial charge in [-0.25, -0.2) is 0 Å². The Hall–Kier alpha value is -2.04. The molecule has 0 fully saturated rings. The predicted molar refractivity (Wildman–Crippen MR) is 66.8 cm³/mol. The summed E-state index contributed by atoms with van der Waals surface area (Å²) in [6.07, 6.45) is 4.84. The van der Waals surface area contributed by atoms with E-state index in [0.717, 1.165) is 0 Å². The van der Waals surface area contributed by atoms with Gasteiger partial charge in [0.2, 0.25) is 5.91 Å². The Morgan fingerprint density at radius 2 is 2.22 bits per heavy atom. The summed E-state index contributed by atoms with van der Waals surface area (Å²) in [6, 6.07) is 3.47. The normalized spacial score (nSPS) is 11.7. The molecule has 1 aromatic heterocycles. The number of carboxylic acid groups (broad SMARTS) is 1. The van der Waals surface area contributed by atoms with Crippen LogP contribution in [0.4, 0.5) is 0 Å². The first-order valence-corrected chi connectivity index (χ1v) is 5.64. The third-order valence-corrected chi connectivity index (χ3v) is 2.37. The maximum absolute atomic E-state index is 11.6. The van der Waals surface area contributed by atoms with Crippen LogP contribution in [0.3, 0.4) is 0 Å². The van der Waals surface area contributed by atoms with Crippen molar-refractivity contribution in [3.8, 4) is 0 Å². The molecule has 0 unspecified atom stereocenters. The van der Waals surface area contributed by atoms with Gasteiger partial charge >= 0.3 is 5.97 Å². The van der Waals surface area contributed by atoms with E-state index in [1.807, 2.05) is 0 Å². The van der Waals surface area contributed by atoms with Crippen molar-refractivity contribution in [3.05, 3.63) is 30.2 Å². The molecule has 18 heavy (non-hydrogen) atoms. The number of hydrogen-bond donors (Lipinski definition) is 2. The first-order valence-electron chi connectivity index (χ1n) is 5.64. The number of amides is 1. The molecule has 1 amide bonds. The Morgan fingerprint density at radius 3 is 2.78 bits per heavy atom. The Balaban J connectivity index is 2.45. The van der Waals surface area contributed by atoms with Crippen LogP contribution in [-0.2, 0) is 9.59 Å². The van der Waals surface area contributed by atoms with Crippen molar-refractivity contribution >= 4 is 18.0 Å². The Morgan fingerprint density at radius 1 is 1.50 bits per heavy atom. The number of furan rings is 1. The van der Waals surface area contributed by atoms with Crippen molar-refractivity contribution in [3.63, 3.8) is 0 Å². The first-order chi connectivity index (χ1) is 8.39. The lowest BCUT2D eigenvalue weighted by molar-refractivity contribution is -0.137. The van der Waals surface area contributed by atoms with Crippen molar-refractivity contribution in [1.29, 1.82) is 0 Å². The van der Waals surface area contributed by atoms with Crippen LogP contribution in [0.5, 0.6) is 0 Å². The molecule has 1 heterocycles. The zero-order valence-corrected chi connectivity index (χ0v) is 10.5. The zero-order chi connectivity index (χ0) is 13.6. The smallest absolute Gasteiger partial charge is 0.303 e. The SMILES string of the molecule is CC(C)(CCC(=O)O)NC(=O)C=Cc1ccco1. The maximum atomic E-state index is 11.6. The van der Waals surface area contributed by atoms with E-state index in [1.54, 1.807) is 32.1 Å². The molecule has 5 nitrogen and oxygen atoms in total. The Labute approximate surface area is 105 Å². The molecule has 0 saturated carbocycles. The van der Waals surface area contributed by atoms with Gasteiger partial charge in [0.05, 0.1) is 6.26 Å². The fraction of sp³-hybridized carbons (Fsp3) is 0.385. The molecule has 5 heteroatoms. The minimum Gasteiger partial charge on any atom is -0.481 e. The highest BCUT2D eigenvalue weighted by Gasteiger charge is 2.20. The second kappa shape index (κ2) is 6.05. The minimum atomic E-state index is -0.872. The lowest BCUT2D eigenvalue weighted by Gasteiger charge is -2.24. The molecular weight excluding hydrogens is 234 g/mol. The molecule has 0 radical (unpaired) electrons. The fourth-order valence-corrected chi connectivity index (χ4v) is 1.40. The zero-order valence-electron chi connectivity index (χ0n) is 10.5. The fourth-order valence-electron chi connectivity index (χ4n) is 1.40. The monoisotopic (exact) mass is 251 g/mol. The summed E-state index contributed by atoms with van der Waals surface area (Å²) in [5.74, 6) is -0.557. The van der Waals surface area contributed by atoms with Crippen LogP contribution in [0, 0.1) is 0 Å². The van der Waals surface area contributed by atoms with Crippen LogP contribution in [0.2, 0.25) is 0 Å². The highest BCUT2D eigenvalue weighted by atomic mass is 16.4. The standard InChI is InChI=1S/C13H17NO4/c1-13(2,8-7-12(16)17)14-11(15)6-5-10-4-3-9-18-10/h3-6,9H,7-8H2,1-2H3,(H,14,15)(H,16,17). The quantitative estimate of drug-likeness (QED) is 0.758. The number of rotatable bonds is 6. The van der Waals surface area contributed by atoms with Gasteiger partial charge < -0.3 is 14.8 Å². The molecule has 0 aliphatic rings. The summed E-state index contributed by atoms with van der Waals surface area (Å²) in [7, 11) is 0. The van der Waals surface area contributed by atoms with Gasteiger partial charge in [0.25, 0.3) is 0 Å². The van der Waals surface area contributed by atoms with Gasteiger partial charge in [-0.05, 0) is 38.5 Å². The molecule has 98 valence electrons. The molecule has 0 saturated heterocycles. The van der Waals surface area contributed by atoms with Gasteiger partial charge in [-0.3, -0.25) is 9.59 Å². The summed E-state index contributed by atoms with van der Waals surface area (Å²) in [6.45, 7) is 3.57. The molecule has 1 aromatic rings. The van der Waals surface area contributed by atoms with Gasteiger partial charge in [-0.1, -0.05) is 0 Å². The second-order valence-electron chi connectivity index (χ2n) is 4.62. The van der Waals surface area contributed by atoms with Crippen LogP contribution >= 0.6 is 0 Å². The van der Waals surface area contributed by atoms with Gasteiger partial charge in [0.15, 0.2) is 0 Å². The van der Waals surface area contributed by atoms with E-state index in [-0.39, 0.29) is 12.3 Å². The molecule has 1 rings (SSSR count). The van der Waals surface area contributed by atoms with Crippen LogP contribution < -0.4 is 5.32 Å². The molecule has 0 atom stereocenters. The van der Waals surface area contributed by atoms with Gasteiger partial charge in [-0.2, -0.15) is 0 Å². The third-order valence-electron chi connectivity index (χ3n) is 2.37. The van der Waals surface area contributed by atoms with Crippen molar-refractivity contribution < 1.29 is 19.1 Å². The highest BCUT2D eigenvalue weighted by molar-refractivity contribution is 5.91. The molecule has 2 N–H and O–H groups in total. The molecular formula is C13H17NO4. The van der Waals surface area contributed by atoms with E-state index >= 15 is 0 Å². The van der Waals surface area contributed by atoms with E-state index in [0.29, 0.717) is 12.2 Å². The molecule has 0 spiro atoms. The highest BCUT2D eigenvalue weighted by Crippen LogP contribution is 2.11. The van der Waals surface area contributed by atoms with E-state index in [4.69, 9.17) is 9.52 Å².